The third-order valence-corrected chi connectivity index (χ3v) is 27.5. The van der Waals surface area contributed by atoms with Crippen LogP contribution in [0.25, 0.3) is 0 Å². The van der Waals surface area contributed by atoms with E-state index in [1.165, 1.54) is 578 Å². The molecule has 0 fully saturated rings. The summed E-state index contributed by atoms with van der Waals surface area (Å²) in [5.74, 6) is 0. The van der Waals surface area contributed by atoms with Crippen molar-refractivity contribution in [2.45, 2.75) is 658 Å². The van der Waals surface area contributed by atoms with Gasteiger partial charge < -0.3 is 41.8 Å². The molecule has 0 atom stereocenters. The molecule has 728 valence electrons. The Morgan fingerprint density at radius 2 is 0.165 bits per heavy atom. The third kappa shape index (κ3) is 130. The Balaban J connectivity index is -0.000000845. The first kappa shape index (κ1) is 129. The van der Waals surface area contributed by atoms with Crippen molar-refractivity contribution in [2.75, 3.05) is 39.6 Å². The Labute approximate surface area is 784 Å². The summed E-state index contributed by atoms with van der Waals surface area (Å²) in [6.45, 7) is 17.2. The fraction of sp³-hybridized carbons (Fsp3) is 1.00. The molecule has 0 spiro atoms. The first-order valence-electron chi connectivity index (χ1n) is 55.6. The second-order valence-electron chi connectivity index (χ2n) is 37.5. The van der Waals surface area contributed by atoms with Gasteiger partial charge in [0, 0.05) is 0 Å². The van der Waals surface area contributed by atoms with E-state index in [1.54, 1.807) is 0 Å². The molecule has 0 unspecified atom stereocenters. The average molecular weight is 1880 g/mol. The average Bonchev–Trinajstić information content (AvgIpc) is 1.06. The standard InChI is InChI=1S/3C36H74O3P.Sb/c3*1-3-5-7-9-11-13-15-17-19-21-23-25-27-29-31-33-35-38-40(37)39-36-34-32-30-28-26-24-22-20-18-16-14-12-10-8-6-4-2;/h3*3-36H2,1-2H3;/q3*-1;+3. The largest absolute Gasteiger partial charge is 3.00 e. The number of hydrogen-bond donors (Lipinski definition) is 0. The molecule has 0 aliphatic heterocycles. The van der Waals surface area contributed by atoms with Crippen molar-refractivity contribution in [3.63, 3.8) is 0 Å². The summed E-state index contributed by atoms with van der Waals surface area (Å²) in [6, 6.07) is 0. The van der Waals surface area contributed by atoms with Gasteiger partial charge in [-0.05, 0) is 38.5 Å². The Bertz CT molecular complexity index is 1380. The molecule has 0 aromatic heterocycles. The molecule has 0 saturated heterocycles. The number of hydrogen-bond acceptors (Lipinski definition) is 9. The molecule has 0 heterocycles. The van der Waals surface area contributed by atoms with E-state index in [4.69, 9.17) is 27.1 Å². The van der Waals surface area contributed by atoms with Crippen LogP contribution in [0.2, 0.25) is 0 Å². The van der Waals surface area contributed by atoms with E-state index < -0.39 is 25.8 Å². The van der Waals surface area contributed by atoms with E-state index >= 15 is 0 Å². The zero-order valence-corrected chi connectivity index (χ0v) is 88.8. The van der Waals surface area contributed by atoms with Gasteiger partial charge in [-0.1, -0.05) is 619 Å². The van der Waals surface area contributed by atoms with Crippen LogP contribution in [-0.2, 0) is 27.1 Å². The molecule has 0 aliphatic rings. The second kappa shape index (κ2) is 126. The summed E-state index contributed by atoms with van der Waals surface area (Å²) >= 11 is 0. The molecule has 0 bridgehead atoms. The topological polar surface area (TPSA) is 125 Å². The van der Waals surface area contributed by atoms with Crippen molar-refractivity contribution in [3.05, 3.63) is 0 Å². The predicted molar refractivity (Wildman–Crippen MR) is 540 cm³/mol. The molecule has 9 nitrogen and oxygen atoms in total. The van der Waals surface area contributed by atoms with Crippen molar-refractivity contribution < 1.29 is 41.8 Å². The first-order valence-corrected chi connectivity index (χ1v) is 58.9. The van der Waals surface area contributed by atoms with Gasteiger partial charge >= 0.3 is 24.4 Å². The van der Waals surface area contributed by atoms with Crippen LogP contribution in [0.3, 0.4) is 0 Å². The van der Waals surface area contributed by atoms with Gasteiger partial charge in [-0.15, -0.1) is 0 Å². The Morgan fingerprint density at radius 1 is 0.107 bits per heavy atom. The molecule has 0 aliphatic carbocycles. The molecule has 0 amide bonds. The molecule has 0 rings (SSSR count). The predicted octanol–water partition coefficient (Wildman–Crippen LogP) is 39.0. The van der Waals surface area contributed by atoms with Crippen LogP contribution >= 0.6 is 25.8 Å². The molecular weight excluding hydrogens is 1660 g/mol. The quantitative estimate of drug-likeness (QED) is 0.0332. The molecule has 0 N–H and O–H groups in total. The maximum atomic E-state index is 11.9. The summed E-state index contributed by atoms with van der Waals surface area (Å²) in [6.07, 6.45) is 131. The number of unbranched alkanes of at least 4 members (excludes halogenated alkanes) is 90. The summed E-state index contributed by atoms with van der Waals surface area (Å²) in [7, 11) is -5.75. The van der Waals surface area contributed by atoms with E-state index in [2.05, 4.69) is 41.5 Å². The van der Waals surface area contributed by atoms with Gasteiger partial charge in [-0.25, -0.2) is 0 Å². The van der Waals surface area contributed by atoms with Crippen molar-refractivity contribution in [1.29, 1.82) is 0 Å². The maximum Gasteiger partial charge on any atom is 3.00 e. The van der Waals surface area contributed by atoms with E-state index in [1.807, 2.05) is 0 Å². The summed E-state index contributed by atoms with van der Waals surface area (Å²) < 4.78 is 32.3. The van der Waals surface area contributed by atoms with Crippen molar-refractivity contribution in [2.24, 2.45) is 0 Å². The van der Waals surface area contributed by atoms with Crippen molar-refractivity contribution >= 4 is 50.2 Å². The Morgan fingerprint density at radius 3 is 0.231 bits per heavy atom. The molecule has 121 heavy (non-hydrogen) atoms. The van der Waals surface area contributed by atoms with Gasteiger partial charge in [0.05, 0.1) is 65.4 Å². The van der Waals surface area contributed by atoms with Crippen LogP contribution in [0.4, 0.5) is 0 Å². The minimum absolute atomic E-state index is 0. The monoisotopic (exact) mass is 1880 g/mol. The fourth-order valence-electron chi connectivity index (χ4n) is 16.8. The minimum Gasteiger partial charge on any atom is -0.786 e. The van der Waals surface area contributed by atoms with Gasteiger partial charge in [0.15, 0.2) is 0 Å². The zero-order chi connectivity index (χ0) is 87.1. The van der Waals surface area contributed by atoms with Crippen LogP contribution in [-0.4, -0.2) is 64.1 Å². The molecular formula is C108H222O9P3Sb. The van der Waals surface area contributed by atoms with E-state index in [0.29, 0.717) is 39.6 Å². The van der Waals surface area contributed by atoms with Crippen molar-refractivity contribution in [1.82, 2.24) is 0 Å². The third-order valence-electron chi connectivity index (χ3n) is 25.2. The van der Waals surface area contributed by atoms with Gasteiger partial charge in [0.1, 0.15) is 0 Å². The zero-order valence-electron chi connectivity index (χ0n) is 83.6. The smallest absolute Gasteiger partial charge is 0.786 e. The van der Waals surface area contributed by atoms with Crippen LogP contribution in [0.5, 0.6) is 0 Å². The molecule has 2 radical (unpaired) electrons. The summed E-state index contributed by atoms with van der Waals surface area (Å²) in [5.41, 5.74) is 0. The maximum absolute atomic E-state index is 11.9. The van der Waals surface area contributed by atoms with Crippen LogP contribution < -0.4 is 14.7 Å². The SMILES string of the molecule is CCCCCCCCCCCCCCCCCCOP([O-])OCCCCCCCCCCCCCCCCCC.CCCCCCCCCCCCCCCCCCOP([O-])OCCCCCCCCCCCCCCCCCC.CCCCCCCCCCCCCCCCCCOP([O-])OCCCCCCCCCCCCCCCCCC.[Sb+3]. The van der Waals surface area contributed by atoms with E-state index in [-0.39, 0.29) is 24.4 Å². The molecule has 0 aromatic carbocycles. The second-order valence-corrected chi connectivity index (χ2v) is 40.4. The van der Waals surface area contributed by atoms with Gasteiger partial charge in [-0.2, -0.15) is 0 Å². The number of rotatable bonds is 108. The summed E-state index contributed by atoms with van der Waals surface area (Å²) in [5, 5.41) is 0. The molecule has 0 saturated carbocycles. The Kier molecular flexibility index (Phi) is 134. The minimum atomic E-state index is -1.92. The first-order chi connectivity index (χ1) is 59.4. The van der Waals surface area contributed by atoms with E-state index in [9.17, 15) is 14.7 Å². The molecule has 13 heteroatoms. The Hall–Kier alpha value is 1.75. The van der Waals surface area contributed by atoms with Crippen LogP contribution in [0, 0.1) is 0 Å². The fourth-order valence-corrected chi connectivity index (χ4v) is 18.7. The van der Waals surface area contributed by atoms with Gasteiger partial charge in [0.25, 0.3) is 0 Å². The van der Waals surface area contributed by atoms with Crippen molar-refractivity contribution in [3.8, 4) is 0 Å². The van der Waals surface area contributed by atoms with Gasteiger partial charge in [0.2, 0.25) is 0 Å². The van der Waals surface area contributed by atoms with E-state index in [0.717, 1.165) is 38.5 Å². The summed E-state index contributed by atoms with van der Waals surface area (Å²) in [4.78, 5) is 35.6. The van der Waals surface area contributed by atoms with Crippen LogP contribution in [0.15, 0.2) is 0 Å². The van der Waals surface area contributed by atoms with Gasteiger partial charge in [-0.3, -0.25) is 0 Å². The molecule has 0 aromatic rings. The normalized spacial score (nSPS) is 11.6. The van der Waals surface area contributed by atoms with Crippen LogP contribution in [0.1, 0.15) is 658 Å².